The van der Waals surface area contributed by atoms with Crippen LogP contribution in [0.1, 0.15) is 58.8 Å². The average molecular weight is 253 g/mol. The van der Waals surface area contributed by atoms with Gasteiger partial charge in [-0.3, -0.25) is 0 Å². The number of hydrogen-bond donors (Lipinski definition) is 0. The quantitative estimate of drug-likeness (QED) is 0.699. The summed E-state index contributed by atoms with van der Waals surface area (Å²) in [5, 5.41) is 0. The maximum absolute atomic E-state index is 5.87. The number of methoxy groups -OCH3 is 1. The van der Waals surface area contributed by atoms with Crippen LogP contribution < -0.4 is 0 Å². The molecule has 0 aromatic heterocycles. The Balaban J connectivity index is 1.88. The molecule has 18 heavy (non-hydrogen) atoms. The monoisotopic (exact) mass is 253 g/mol. The summed E-state index contributed by atoms with van der Waals surface area (Å²) >= 11 is 0. The zero-order valence-electron chi connectivity index (χ0n) is 12.3. The van der Waals surface area contributed by atoms with E-state index in [0.29, 0.717) is 18.3 Å². The van der Waals surface area contributed by atoms with Gasteiger partial charge in [0.25, 0.3) is 0 Å². The molecule has 2 nitrogen and oxygen atoms in total. The minimum atomic E-state index is 0.338. The Morgan fingerprint density at radius 3 is 2.56 bits per heavy atom. The van der Waals surface area contributed by atoms with Gasteiger partial charge in [0.1, 0.15) is 6.79 Å². The number of rotatable bonds is 4. The fourth-order valence-corrected chi connectivity index (χ4v) is 3.67. The Morgan fingerprint density at radius 1 is 1.17 bits per heavy atom. The van der Waals surface area contributed by atoms with Crippen molar-refractivity contribution in [2.45, 2.75) is 64.9 Å². The van der Waals surface area contributed by atoms with Gasteiger partial charge in [0.05, 0.1) is 6.10 Å². The van der Waals surface area contributed by atoms with Gasteiger partial charge in [0, 0.05) is 7.11 Å². The van der Waals surface area contributed by atoms with Crippen LogP contribution in [0.15, 0.2) is 0 Å². The molecule has 0 aromatic rings. The molecule has 2 aliphatic rings. The van der Waals surface area contributed by atoms with Crippen LogP contribution >= 0.6 is 0 Å². The highest BCUT2D eigenvalue weighted by Gasteiger charge is 2.36. The van der Waals surface area contributed by atoms with E-state index < -0.39 is 0 Å². The van der Waals surface area contributed by atoms with E-state index in [2.05, 4.69) is 20.3 Å². The molecule has 2 heteroatoms. The zero-order valence-corrected chi connectivity index (χ0v) is 12.3. The maximum atomic E-state index is 5.87. The number of hydrogen-bond acceptors (Lipinski definition) is 2. The Kier molecular flexibility index (Phi) is 5.08. The first-order chi connectivity index (χ1) is 8.62. The lowest BCUT2D eigenvalue weighted by molar-refractivity contribution is -0.0984. The molecule has 2 saturated carbocycles. The molecule has 2 atom stereocenters. The fourth-order valence-electron chi connectivity index (χ4n) is 3.67. The normalized spacial score (nSPS) is 33.5. The smallest absolute Gasteiger partial charge is 0.146 e. The van der Waals surface area contributed by atoms with Crippen LogP contribution in [0.25, 0.3) is 0 Å². The largest absolute Gasteiger partial charge is 0.359 e. The van der Waals surface area contributed by atoms with Gasteiger partial charge in [-0.15, -0.1) is 0 Å². The second-order valence-corrected chi connectivity index (χ2v) is 6.87. The van der Waals surface area contributed by atoms with E-state index in [-0.39, 0.29) is 0 Å². The maximum Gasteiger partial charge on any atom is 0.146 e. The van der Waals surface area contributed by atoms with E-state index in [1.807, 2.05) is 0 Å². The standard InChI is InChI=1S/C16H29O2/c1-16(2)10-8-13(9-11-16)14-6-4-5-7-15(14)18-12-17-3/h7,13-15H,4-6,8-12H2,1-3H3. The summed E-state index contributed by atoms with van der Waals surface area (Å²) in [6.07, 6.45) is 12.2. The number of ether oxygens (including phenoxy) is 2. The van der Waals surface area contributed by atoms with Crippen molar-refractivity contribution >= 4 is 0 Å². The van der Waals surface area contributed by atoms with E-state index in [0.717, 1.165) is 11.8 Å². The highest BCUT2D eigenvalue weighted by atomic mass is 16.7. The molecule has 2 unspecified atom stereocenters. The Labute approximate surface area is 112 Å². The summed E-state index contributed by atoms with van der Waals surface area (Å²) < 4.78 is 10.9. The summed E-state index contributed by atoms with van der Waals surface area (Å²) in [5.41, 5.74) is 0.567. The van der Waals surface area contributed by atoms with E-state index in [9.17, 15) is 0 Å². The van der Waals surface area contributed by atoms with Crippen molar-refractivity contribution in [3.63, 3.8) is 0 Å². The van der Waals surface area contributed by atoms with Gasteiger partial charge in [-0.25, -0.2) is 0 Å². The highest BCUT2D eigenvalue weighted by molar-refractivity contribution is 4.93. The average Bonchev–Trinajstić information content (AvgIpc) is 2.37. The molecule has 0 aromatic carbocycles. The molecule has 0 saturated heterocycles. The van der Waals surface area contributed by atoms with E-state index in [4.69, 9.17) is 9.47 Å². The highest BCUT2D eigenvalue weighted by Crippen LogP contribution is 2.44. The van der Waals surface area contributed by atoms with Crippen LogP contribution in [0.3, 0.4) is 0 Å². The van der Waals surface area contributed by atoms with Crippen LogP contribution in [-0.4, -0.2) is 20.0 Å². The molecule has 0 heterocycles. The first-order valence-corrected chi connectivity index (χ1v) is 7.56. The topological polar surface area (TPSA) is 18.5 Å². The third-order valence-electron chi connectivity index (χ3n) is 4.93. The third kappa shape index (κ3) is 3.71. The third-order valence-corrected chi connectivity index (χ3v) is 4.93. The molecule has 1 radical (unpaired) electrons. The van der Waals surface area contributed by atoms with E-state index >= 15 is 0 Å². The van der Waals surface area contributed by atoms with Gasteiger partial charge in [-0.1, -0.05) is 20.3 Å². The lowest BCUT2D eigenvalue weighted by Crippen LogP contribution is -2.37. The summed E-state index contributed by atoms with van der Waals surface area (Å²) in [4.78, 5) is 0. The molecule has 0 aliphatic heterocycles. The van der Waals surface area contributed by atoms with Crippen LogP contribution in [0, 0.1) is 23.7 Å². The minimum absolute atomic E-state index is 0.338. The second-order valence-electron chi connectivity index (χ2n) is 6.87. The summed E-state index contributed by atoms with van der Waals surface area (Å²) in [5.74, 6) is 1.61. The first kappa shape index (κ1) is 14.3. The second kappa shape index (κ2) is 6.38. The van der Waals surface area contributed by atoms with Gasteiger partial charge < -0.3 is 9.47 Å². The van der Waals surface area contributed by atoms with Crippen LogP contribution in [0.5, 0.6) is 0 Å². The van der Waals surface area contributed by atoms with E-state index in [1.54, 1.807) is 7.11 Å². The summed E-state index contributed by atoms with van der Waals surface area (Å²) in [6.45, 7) is 5.26. The summed E-state index contributed by atoms with van der Waals surface area (Å²) in [7, 11) is 1.71. The first-order valence-electron chi connectivity index (χ1n) is 7.56. The Hall–Kier alpha value is -0.0800. The molecule has 0 spiro atoms. The predicted molar refractivity (Wildman–Crippen MR) is 74.1 cm³/mol. The lowest BCUT2D eigenvalue weighted by Gasteiger charge is -2.42. The molecule has 2 rings (SSSR count). The molecular weight excluding hydrogens is 224 g/mol. The van der Waals surface area contributed by atoms with E-state index in [1.165, 1.54) is 44.9 Å². The van der Waals surface area contributed by atoms with Crippen LogP contribution in [0.4, 0.5) is 0 Å². The van der Waals surface area contributed by atoms with Crippen molar-refractivity contribution in [3.8, 4) is 0 Å². The minimum Gasteiger partial charge on any atom is -0.359 e. The van der Waals surface area contributed by atoms with Crippen LogP contribution in [0.2, 0.25) is 0 Å². The predicted octanol–water partition coefficient (Wildman–Crippen LogP) is 4.20. The van der Waals surface area contributed by atoms with Crippen molar-refractivity contribution in [2.24, 2.45) is 17.3 Å². The zero-order chi connectivity index (χ0) is 13.0. The molecule has 2 fully saturated rings. The summed E-state index contributed by atoms with van der Waals surface area (Å²) in [6, 6.07) is 0. The van der Waals surface area contributed by atoms with Crippen molar-refractivity contribution < 1.29 is 9.47 Å². The van der Waals surface area contributed by atoms with Crippen molar-refractivity contribution in [2.75, 3.05) is 13.9 Å². The van der Waals surface area contributed by atoms with Crippen molar-refractivity contribution in [1.82, 2.24) is 0 Å². The van der Waals surface area contributed by atoms with Gasteiger partial charge in [0.2, 0.25) is 0 Å². The van der Waals surface area contributed by atoms with Gasteiger partial charge in [-0.05, 0) is 62.2 Å². The molecule has 2 aliphatic carbocycles. The van der Waals surface area contributed by atoms with Crippen LogP contribution in [-0.2, 0) is 9.47 Å². The van der Waals surface area contributed by atoms with Gasteiger partial charge >= 0.3 is 0 Å². The fraction of sp³-hybridized carbons (Fsp3) is 0.938. The Morgan fingerprint density at radius 2 is 1.89 bits per heavy atom. The van der Waals surface area contributed by atoms with Crippen molar-refractivity contribution in [3.05, 3.63) is 6.42 Å². The van der Waals surface area contributed by atoms with Gasteiger partial charge in [0.15, 0.2) is 0 Å². The SMILES string of the molecule is COCOC1[CH]CCCC1C1CCC(C)(C)CC1. The van der Waals surface area contributed by atoms with Crippen molar-refractivity contribution in [1.29, 1.82) is 0 Å². The molecule has 0 N–H and O–H groups in total. The van der Waals surface area contributed by atoms with Gasteiger partial charge in [-0.2, -0.15) is 0 Å². The lowest BCUT2D eigenvalue weighted by atomic mass is 9.66. The molecule has 0 amide bonds. The Bertz CT molecular complexity index is 239. The molecule has 105 valence electrons. The molecule has 0 bridgehead atoms. The molecular formula is C16H29O2.